The highest BCUT2D eigenvalue weighted by Gasteiger charge is 2.24. The van der Waals surface area contributed by atoms with E-state index in [1.54, 1.807) is 12.1 Å². The predicted octanol–water partition coefficient (Wildman–Crippen LogP) is 5.31. The van der Waals surface area contributed by atoms with Crippen molar-refractivity contribution < 1.29 is 14.3 Å². The molecule has 4 rings (SSSR count). The monoisotopic (exact) mass is 630 g/mol. The fraction of sp³-hybridized carbons (Fsp3) is 0.192. The molecule has 10 heteroatoms. The molecule has 0 bridgehead atoms. The standard InChI is InChI=1S/C26H24Br2N4O3S/c1-35-23-19(15-18(27)16-20(23)28)24(33)30-26(36)29-21-9-5-6-10-22(21)31-11-13-32(14-12-31)25(34)17-7-3-2-4-8-17/h2-10,15-16H,11-14H2,1H3,(H2,29,30,33,36). The smallest absolute Gasteiger partial charge is 0.261 e. The Morgan fingerprint density at radius 2 is 1.61 bits per heavy atom. The first-order valence-electron chi connectivity index (χ1n) is 11.2. The van der Waals surface area contributed by atoms with Gasteiger partial charge in [-0.2, -0.15) is 0 Å². The van der Waals surface area contributed by atoms with E-state index in [4.69, 9.17) is 17.0 Å². The van der Waals surface area contributed by atoms with Crippen LogP contribution in [-0.4, -0.2) is 55.1 Å². The van der Waals surface area contributed by atoms with E-state index >= 15 is 0 Å². The van der Waals surface area contributed by atoms with Crippen molar-refractivity contribution in [3.63, 3.8) is 0 Å². The molecule has 1 heterocycles. The minimum Gasteiger partial charge on any atom is -0.495 e. The highest BCUT2D eigenvalue weighted by atomic mass is 79.9. The fourth-order valence-electron chi connectivity index (χ4n) is 4.03. The topological polar surface area (TPSA) is 73.9 Å². The molecule has 2 N–H and O–H groups in total. The summed E-state index contributed by atoms with van der Waals surface area (Å²) in [5.74, 6) is 0.0684. The third-order valence-electron chi connectivity index (χ3n) is 5.76. The summed E-state index contributed by atoms with van der Waals surface area (Å²) in [6, 6.07) is 20.6. The maximum Gasteiger partial charge on any atom is 0.261 e. The average molecular weight is 632 g/mol. The van der Waals surface area contributed by atoms with Gasteiger partial charge in [0.2, 0.25) is 0 Å². The predicted molar refractivity (Wildman–Crippen MR) is 153 cm³/mol. The Hall–Kier alpha value is -2.95. The number of anilines is 2. The first-order chi connectivity index (χ1) is 17.4. The summed E-state index contributed by atoms with van der Waals surface area (Å²) in [6.07, 6.45) is 0. The maximum absolute atomic E-state index is 12.9. The number of para-hydroxylation sites is 2. The zero-order valence-corrected chi connectivity index (χ0v) is 23.5. The summed E-state index contributed by atoms with van der Waals surface area (Å²) >= 11 is 12.3. The highest BCUT2D eigenvalue weighted by Crippen LogP contribution is 2.33. The molecule has 1 saturated heterocycles. The lowest BCUT2D eigenvalue weighted by molar-refractivity contribution is 0.0746. The molecule has 1 aliphatic heterocycles. The number of carbonyl (C=O) groups excluding carboxylic acids is 2. The molecule has 36 heavy (non-hydrogen) atoms. The molecule has 0 aliphatic carbocycles. The zero-order valence-electron chi connectivity index (χ0n) is 19.5. The van der Waals surface area contributed by atoms with E-state index in [-0.39, 0.29) is 11.0 Å². The van der Waals surface area contributed by atoms with Crippen molar-refractivity contribution in [1.29, 1.82) is 0 Å². The van der Waals surface area contributed by atoms with Crippen molar-refractivity contribution in [2.24, 2.45) is 0 Å². The molecular weight excluding hydrogens is 608 g/mol. The van der Waals surface area contributed by atoms with Crippen LogP contribution in [-0.2, 0) is 0 Å². The number of carbonyl (C=O) groups is 2. The van der Waals surface area contributed by atoms with Crippen molar-refractivity contribution in [1.82, 2.24) is 10.2 Å². The zero-order chi connectivity index (χ0) is 25.7. The van der Waals surface area contributed by atoms with E-state index in [1.807, 2.05) is 59.5 Å². The van der Waals surface area contributed by atoms with Gasteiger partial charge in [-0.15, -0.1) is 0 Å². The lowest BCUT2D eigenvalue weighted by Gasteiger charge is -2.37. The van der Waals surface area contributed by atoms with E-state index in [0.29, 0.717) is 47.5 Å². The van der Waals surface area contributed by atoms with Crippen LogP contribution in [0.2, 0.25) is 0 Å². The third kappa shape index (κ3) is 6.05. The molecule has 0 radical (unpaired) electrons. The fourth-order valence-corrected chi connectivity index (χ4v) is 5.62. The molecule has 0 atom stereocenters. The van der Waals surface area contributed by atoms with E-state index in [1.165, 1.54) is 7.11 Å². The van der Waals surface area contributed by atoms with Crippen molar-refractivity contribution in [2.75, 3.05) is 43.5 Å². The van der Waals surface area contributed by atoms with Gasteiger partial charge in [-0.05, 0) is 64.5 Å². The molecule has 0 unspecified atom stereocenters. The number of amides is 2. The molecule has 3 aromatic rings. The molecule has 1 fully saturated rings. The molecule has 0 spiro atoms. The number of piperazine rings is 1. The van der Waals surface area contributed by atoms with Crippen LogP contribution in [0.5, 0.6) is 5.75 Å². The van der Waals surface area contributed by atoms with E-state index in [9.17, 15) is 9.59 Å². The van der Waals surface area contributed by atoms with Crippen molar-refractivity contribution in [2.45, 2.75) is 0 Å². The number of nitrogens with zero attached hydrogens (tertiary/aromatic N) is 2. The normalized spacial score (nSPS) is 13.2. The minimum absolute atomic E-state index is 0.0418. The van der Waals surface area contributed by atoms with Gasteiger partial charge < -0.3 is 19.9 Å². The Morgan fingerprint density at radius 1 is 0.944 bits per heavy atom. The number of ether oxygens (including phenoxy) is 1. The molecular formula is C26H24Br2N4O3S. The van der Waals surface area contributed by atoms with Crippen LogP contribution < -0.4 is 20.3 Å². The Morgan fingerprint density at radius 3 is 2.31 bits per heavy atom. The number of thiocarbonyl (C=S) groups is 1. The van der Waals surface area contributed by atoms with Crippen molar-refractivity contribution in [3.8, 4) is 5.75 Å². The number of hydrogen-bond acceptors (Lipinski definition) is 5. The Kier molecular flexibility index (Phi) is 8.60. The van der Waals surface area contributed by atoms with Crippen LogP contribution >= 0.6 is 44.1 Å². The molecule has 7 nitrogen and oxygen atoms in total. The van der Waals surface area contributed by atoms with Crippen LogP contribution in [0, 0.1) is 0 Å². The molecule has 0 saturated carbocycles. The summed E-state index contributed by atoms with van der Waals surface area (Å²) < 4.78 is 6.76. The van der Waals surface area contributed by atoms with Gasteiger partial charge in [0.05, 0.1) is 28.5 Å². The third-order valence-corrected chi connectivity index (χ3v) is 7.02. The highest BCUT2D eigenvalue weighted by molar-refractivity contribution is 9.11. The summed E-state index contributed by atoms with van der Waals surface area (Å²) in [5, 5.41) is 6.05. The second-order valence-corrected chi connectivity index (χ2v) is 10.2. The van der Waals surface area contributed by atoms with Crippen LogP contribution in [0.4, 0.5) is 11.4 Å². The van der Waals surface area contributed by atoms with Gasteiger partial charge in [-0.25, -0.2) is 0 Å². The summed E-state index contributed by atoms with van der Waals surface area (Å²) in [4.78, 5) is 29.8. The van der Waals surface area contributed by atoms with Gasteiger partial charge in [-0.1, -0.05) is 46.3 Å². The van der Waals surface area contributed by atoms with Gasteiger partial charge in [-0.3, -0.25) is 14.9 Å². The maximum atomic E-state index is 12.9. The number of hydrogen-bond donors (Lipinski definition) is 2. The first-order valence-corrected chi connectivity index (χ1v) is 13.2. The van der Waals surface area contributed by atoms with Crippen LogP contribution in [0.25, 0.3) is 0 Å². The largest absolute Gasteiger partial charge is 0.495 e. The number of nitrogens with one attached hydrogen (secondary N) is 2. The molecule has 186 valence electrons. The van der Waals surface area contributed by atoms with E-state index < -0.39 is 5.91 Å². The summed E-state index contributed by atoms with van der Waals surface area (Å²) in [5.41, 5.74) is 2.76. The molecule has 0 aromatic heterocycles. The minimum atomic E-state index is -0.392. The summed E-state index contributed by atoms with van der Waals surface area (Å²) in [7, 11) is 1.50. The van der Waals surface area contributed by atoms with Gasteiger partial charge >= 0.3 is 0 Å². The molecule has 2 amide bonds. The lowest BCUT2D eigenvalue weighted by Crippen LogP contribution is -2.49. The SMILES string of the molecule is COc1c(Br)cc(Br)cc1C(=O)NC(=S)Nc1ccccc1N1CCN(C(=O)c2ccccc2)CC1. The van der Waals surface area contributed by atoms with E-state index in [2.05, 4.69) is 47.4 Å². The van der Waals surface area contributed by atoms with Gasteiger partial charge in [0.25, 0.3) is 11.8 Å². The molecule has 1 aliphatic rings. The Bertz CT molecular complexity index is 1280. The lowest BCUT2D eigenvalue weighted by atomic mass is 10.1. The van der Waals surface area contributed by atoms with Crippen molar-refractivity contribution >= 4 is 72.4 Å². The van der Waals surface area contributed by atoms with Crippen LogP contribution in [0.3, 0.4) is 0 Å². The molecule has 3 aromatic carbocycles. The summed E-state index contributed by atoms with van der Waals surface area (Å²) in [6.45, 7) is 2.58. The van der Waals surface area contributed by atoms with Gasteiger partial charge in [0.1, 0.15) is 5.75 Å². The van der Waals surface area contributed by atoms with Crippen LogP contribution in [0.15, 0.2) is 75.7 Å². The number of benzene rings is 3. The van der Waals surface area contributed by atoms with Gasteiger partial charge in [0.15, 0.2) is 5.11 Å². The number of methoxy groups -OCH3 is 1. The number of halogens is 2. The average Bonchev–Trinajstić information content (AvgIpc) is 2.88. The van der Waals surface area contributed by atoms with Crippen LogP contribution in [0.1, 0.15) is 20.7 Å². The van der Waals surface area contributed by atoms with Crippen molar-refractivity contribution in [3.05, 3.63) is 86.8 Å². The second kappa shape index (κ2) is 11.9. The second-order valence-electron chi connectivity index (χ2n) is 8.04. The quantitative estimate of drug-likeness (QED) is 0.372. The van der Waals surface area contributed by atoms with E-state index in [0.717, 1.165) is 15.8 Å². The Labute approximate surface area is 232 Å². The van der Waals surface area contributed by atoms with Gasteiger partial charge in [0, 0.05) is 36.2 Å². The first kappa shape index (κ1) is 26.1. The Balaban J connectivity index is 1.41. The number of rotatable bonds is 5.